The maximum Gasteiger partial charge on any atom is 0.119 e. The predicted octanol–water partition coefficient (Wildman–Crippen LogP) is 9.65. The van der Waals surface area contributed by atoms with Crippen LogP contribution in [-0.4, -0.2) is 0 Å². The van der Waals surface area contributed by atoms with E-state index in [4.69, 9.17) is 5.73 Å². The molecule has 4 aromatic carbocycles. The minimum Gasteiger partial charge on any atom is -0.390 e. The van der Waals surface area contributed by atoms with Crippen LogP contribution < -0.4 is 5.73 Å². The first-order chi connectivity index (χ1) is 22.0. The summed E-state index contributed by atoms with van der Waals surface area (Å²) in [4.78, 5) is 0. The summed E-state index contributed by atoms with van der Waals surface area (Å²) in [5.74, 6) is 0. The number of hydrogen-bond donors (Lipinski definition) is 1. The molecule has 0 amide bonds. The summed E-state index contributed by atoms with van der Waals surface area (Å²) in [7, 11) is 0. The molecule has 4 nitrogen and oxygen atoms in total. The van der Waals surface area contributed by atoms with Gasteiger partial charge in [-0.15, -0.1) is 13.2 Å². The van der Waals surface area contributed by atoms with Crippen LogP contribution in [0.25, 0.3) is 51.1 Å². The highest BCUT2D eigenvalue weighted by molar-refractivity contribution is 6.06. The Kier molecular flexibility index (Phi) is 8.76. The molecule has 0 bridgehead atoms. The molecule has 0 heterocycles. The van der Waals surface area contributed by atoms with E-state index in [1.165, 1.54) is 11.1 Å². The Bertz CT molecular complexity index is 2080. The van der Waals surface area contributed by atoms with Crippen molar-refractivity contribution >= 4 is 17.7 Å². The van der Waals surface area contributed by atoms with Crippen LogP contribution in [0, 0.1) is 40.9 Å². The van der Waals surface area contributed by atoms with E-state index in [1.54, 1.807) is 6.08 Å². The summed E-state index contributed by atoms with van der Waals surface area (Å²) in [5.41, 5.74) is 19.2. The molecule has 2 aliphatic rings. The third-order valence-corrected chi connectivity index (χ3v) is 8.35. The molecule has 2 aliphatic carbocycles. The lowest BCUT2D eigenvalue weighted by Crippen LogP contribution is -2.00. The molecule has 4 heteroatoms. The first-order valence-electron chi connectivity index (χ1n) is 14.7. The quantitative estimate of drug-likeness (QED) is 0.130. The zero-order valence-corrected chi connectivity index (χ0v) is 25.3. The topological polar surface area (TPSA) is 97.4 Å². The third-order valence-electron chi connectivity index (χ3n) is 8.35. The Labute approximate surface area is 265 Å². The van der Waals surface area contributed by atoms with Gasteiger partial charge >= 0.3 is 0 Å². The molecule has 0 aromatic heterocycles. The largest absolute Gasteiger partial charge is 0.390 e. The lowest BCUT2D eigenvalue weighted by atomic mass is 9.90. The van der Waals surface area contributed by atoms with Gasteiger partial charge in [-0.25, -0.2) is 0 Å². The lowest BCUT2D eigenvalue weighted by Gasteiger charge is -2.13. The molecule has 45 heavy (non-hydrogen) atoms. The summed E-state index contributed by atoms with van der Waals surface area (Å²) in [5, 5.41) is 30.3. The molecule has 0 spiro atoms. The molecule has 0 radical (unpaired) electrons. The van der Waals surface area contributed by atoms with Crippen LogP contribution in [0.4, 0.5) is 0 Å². The van der Waals surface area contributed by atoms with Crippen LogP contribution in [0.15, 0.2) is 104 Å². The van der Waals surface area contributed by atoms with Crippen LogP contribution in [0.3, 0.4) is 0 Å². The molecule has 2 N–H and O–H groups in total. The SMILES string of the molecule is C=C.C=C/C=C\c1cc(-c2cc3c(cc2C#N)/C(=C(/N)C#N)c2cc(C#N)c(-c4ccc5c(c4)C=CCCC5)cc2-3)ccc1C. The van der Waals surface area contributed by atoms with E-state index in [0.717, 1.165) is 74.9 Å². The van der Waals surface area contributed by atoms with E-state index in [1.807, 2.05) is 55.5 Å². The Morgan fingerprint density at radius 2 is 1.42 bits per heavy atom. The fraction of sp³-hybridized carbons (Fsp3) is 0.0976. The van der Waals surface area contributed by atoms with Gasteiger partial charge in [-0.2, -0.15) is 15.8 Å². The molecular weight excluding hydrogens is 548 g/mol. The first-order valence-corrected chi connectivity index (χ1v) is 14.7. The fourth-order valence-corrected chi connectivity index (χ4v) is 6.14. The van der Waals surface area contributed by atoms with Crippen LogP contribution in [0.1, 0.15) is 57.3 Å². The van der Waals surface area contributed by atoms with E-state index in [9.17, 15) is 15.8 Å². The summed E-state index contributed by atoms with van der Waals surface area (Å²) < 4.78 is 0. The maximum atomic E-state index is 10.2. The zero-order chi connectivity index (χ0) is 32.1. The minimum atomic E-state index is 0.0515. The van der Waals surface area contributed by atoms with Gasteiger partial charge < -0.3 is 5.73 Å². The van der Waals surface area contributed by atoms with Gasteiger partial charge in [0, 0.05) is 16.7 Å². The average Bonchev–Trinajstić information content (AvgIpc) is 3.20. The maximum absolute atomic E-state index is 10.2. The molecule has 0 saturated carbocycles. The number of benzene rings is 4. The second kappa shape index (κ2) is 13.0. The van der Waals surface area contributed by atoms with Crippen molar-refractivity contribution in [2.24, 2.45) is 5.73 Å². The van der Waals surface area contributed by atoms with E-state index >= 15 is 0 Å². The summed E-state index contributed by atoms with van der Waals surface area (Å²) in [6.45, 7) is 11.8. The second-order valence-electron chi connectivity index (χ2n) is 10.9. The van der Waals surface area contributed by atoms with Crippen LogP contribution in [-0.2, 0) is 6.42 Å². The van der Waals surface area contributed by atoms with Gasteiger partial charge in [-0.1, -0.05) is 61.2 Å². The second-order valence-corrected chi connectivity index (χ2v) is 10.9. The first kappa shape index (κ1) is 30.3. The Morgan fingerprint density at radius 1 is 0.800 bits per heavy atom. The van der Waals surface area contributed by atoms with Crippen molar-refractivity contribution in [2.75, 3.05) is 0 Å². The van der Waals surface area contributed by atoms with Gasteiger partial charge in [-0.3, -0.25) is 0 Å². The monoisotopic (exact) mass is 580 g/mol. The average molecular weight is 581 g/mol. The number of fused-ring (bicyclic) bond motifs is 4. The van der Waals surface area contributed by atoms with E-state index in [0.29, 0.717) is 16.7 Å². The number of nitrogens with two attached hydrogens (primary N) is 1. The Balaban J connectivity index is 0.00000196. The normalized spacial score (nSPS) is 13.6. The highest BCUT2D eigenvalue weighted by Crippen LogP contribution is 2.49. The smallest absolute Gasteiger partial charge is 0.119 e. The number of nitrogens with zero attached hydrogens (tertiary/aromatic N) is 3. The number of nitriles is 3. The van der Waals surface area contributed by atoms with E-state index in [2.05, 4.69) is 74.4 Å². The molecule has 0 unspecified atom stereocenters. The van der Waals surface area contributed by atoms with Crippen molar-refractivity contribution in [3.05, 3.63) is 149 Å². The Hall–Kier alpha value is -6.15. The zero-order valence-electron chi connectivity index (χ0n) is 25.3. The number of hydrogen-bond acceptors (Lipinski definition) is 4. The predicted molar refractivity (Wildman–Crippen MR) is 185 cm³/mol. The third kappa shape index (κ3) is 5.52. The van der Waals surface area contributed by atoms with Gasteiger partial charge in [0.25, 0.3) is 0 Å². The van der Waals surface area contributed by atoms with Gasteiger partial charge in [0.15, 0.2) is 0 Å². The van der Waals surface area contributed by atoms with Crippen LogP contribution in [0.5, 0.6) is 0 Å². The minimum absolute atomic E-state index is 0.0515. The molecule has 0 fully saturated rings. The highest BCUT2D eigenvalue weighted by atomic mass is 14.6. The Morgan fingerprint density at radius 3 is 2.02 bits per heavy atom. The van der Waals surface area contributed by atoms with Crippen molar-refractivity contribution in [3.63, 3.8) is 0 Å². The molecular formula is C41H32N4. The molecule has 0 saturated heterocycles. The van der Waals surface area contributed by atoms with E-state index in [-0.39, 0.29) is 5.70 Å². The number of rotatable bonds is 4. The molecule has 0 atom stereocenters. The fourth-order valence-electron chi connectivity index (χ4n) is 6.14. The molecule has 0 aliphatic heterocycles. The van der Waals surface area contributed by atoms with Crippen molar-refractivity contribution in [3.8, 4) is 51.6 Å². The van der Waals surface area contributed by atoms with Crippen LogP contribution >= 0.6 is 0 Å². The van der Waals surface area contributed by atoms with Crippen molar-refractivity contribution < 1.29 is 0 Å². The van der Waals surface area contributed by atoms with Gasteiger partial charge in [-0.05, 0) is 118 Å². The van der Waals surface area contributed by atoms with Gasteiger partial charge in [0.05, 0.1) is 23.3 Å². The van der Waals surface area contributed by atoms with Crippen molar-refractivity contribution in [2.45, 2.75) is 26.2 Å². The van der Waals surface area contributed by atoms with Crippen molar-refractivity contribution in [1.29, 1.82) is 15.8 Å². The summed E-state index contributed by atoms with van der Waals surface area (Å²) >= 11 is 0. The number of aryl methyl sites for hydroxylation is 2. The van der Waals surface area contributed by atoms with Gasteiger partial charge in [0.1, 0.15) is 11.8 Å². The standard InChI is InChI=1S/C39H28N4.C2H4/c1-3-4-8-26-15-28(12-11-24(26)2)32-19-34-35-20-33(29-14-13-25-9-6-5-7-10-27(25)16-29)31(22-41)18-37(35)39(38(43)23-42)36(34)17-30(32)21-40;1-2/h3-4,7-8,10-20H,1,5-6,9,43H2,2H3;1-2H2/b8-4-,39-38-;. The molecule has 6 rings (SSSR count). The van der Waals surface area contributed by atoms with Crippen molar-refractivity contribution in [1.82, 2.24) is 0 Å². The molecule has 4 aromatic rings. The van der Waals surface area contributed by atoms with Gasteiger partial charge in [0.2, 0.25) is 0 Å². The van der Waals surface area contributed by atoms with E-state index < -0.39 is 0 Å². The summed E-state index contributed by atoms with van der Waals surface area (Å²) in [6.07, 6.45) is 13.2. The number of allylic oxidation sites excluding steroid dienone is 4. The summed E-state index contributed by atoms with van der Waals surface area (Å²) in [6, 6.07) is 27.1. The molecule has 216 valence electrons. The lowest BCUT2D eigenvalue weighted by molar-refractivity contribution is 0.852. The highest BCUT2D eigenvalue weighted by Gasteiger charge is 2.30. The van der Waals surface area contributed by atoms with Crippen LogP contribution in [0.2, 0.25) is 0 Å².